The zero-order valence-corrected chi connectivity index (χ0v) is 20.6. The van der Waals surface area contributed by atoms with Crippen molar-refractivity contribution in [3.63, 3.8) is 0 Å². The van der Waals surface area contributed by atoms with Gasteiger partial charge in [0, 0.05) is 19.3 Å². The van der Waals surface area contributed by atoms with Gasteiger partial charge >= 0.3 is 12.2 Å². The second-order valence-electron chi connectivity index (χ2n) is 8.98. The minimum atomic E-state index is -0.725. The van der Waals surface area contributed by atoms with E-state index in [1.807, 2.05) is 0 Å². The van der Waals surface area contributed by atoms with Crippen LogP contribution in [0.1, 0.15) is 31.1 Å². The molecular formula is C23H27N7O6. The van der Waals surface area contributed by atoms with E-state index in [9.17, 15) is 14.4 Å². The van der Waals surface area contributed by atoms with Crippen molar-refractivity contribution in [2.45, 2.75) is 26.4 Å². The summed E-state index contributed by atoms with van der Waals surface area (Å²) in [6, 6.07) is 5.05. The van der Waals surface area contributed by atoms with E-state index in [0.29, 0.717) is 29.7 Å². The number of ketones is 1. The van der Waals surface area contributed by atoms with E-state index in [2.05, 4.69) is 20.4 Å². The number of methoxy groups -OCH3 is 1. The topological polar surface area (TPSA) is 140 Å². The lowest BCUT2D eigenvalue weighted by molar-refractivity contribution is 0.0587. The lowest BCUT2D eigenvalue weighted by atomic mass is 10.2. The van der Waals surface area contributed by atoms with Crippen LogP contribution >= 0.6 is 0 Å². The van der Waals surface area contributed by atoms with Crippen LogP contribution in [0.5, 0.6) is 5.88 Å². The summed E-state index contributed by atoms with van der Waals surface area (Å²) in [6.07, 6.45) is 1.76. The molecule has 0 saturated carbocycles. The molecule has 190 valence electrons. The first-order valence-corrected chi connectivity index (χ1v) is 11.1. The van der Waals surface area contributed by atoms with Gasteiger partial charge in [-0.1, -0.05) is 0 Å². The van der Waals surface area contributed by atoms with Crippen molar-refractivity contribution in [2.75, 3.05) is 44.1 Å². The number of nitrogens with zero attached hydrogens (tertiary/aromatic N) is 6. The minimum Gasteiger partial charge on any atom is -0.480 e. The number of Topliss-reactive ketones (excluding diaryl/α,β-unsaturated/α-hetero) is 1. The first-order valence-electron chi connectivity index (χ1n) is 11.1. The van der Waals surface area contributed by atoms with Crippen molar-refractivity contribution >= 4 is 40.9 Å². The van der Waals surface area contributed by atoms with Crippen molar-refractivity contribution in [1.82, 2.24) is 24.5 Å². The van der Waals surface area contributed by atoms with Crippen LogP contribution in [-0.2, 0) is 9.47 Å². The maximum atomic E-state index is 13.1. The summed E-state index contributed by atoms with van der Waals surface area (Å²) < 4.78 is 17.1. The molecule has 4 rings (SSSR count). The van der Waals surface area contributed by atoms with Gasteiger partial charge in [-0.25, -0.2) is 19.6 Å². The molecule has 1 aliphatic heterocycles. The summed E-state index contributed by atoms with van der Waals surface area (Å²) in [7, 11) is 3.02. The number of hydrogen-bond acceptors (Lipinski definition) is 10. The lowest BCUT2D eigenvalue weighted by Gasteiger charge is -2.25. The third-order valence-corrected chi connectivity index (χ3v) is 5.17. The number of anilines is 3. The van der Waals surface area contributed by atoms with Gasteiger partial charge in [0.2, 0.25) is 5.88 Å². The Kier molecular flexibility index (Phi) is 6.64. The SMILES string of the molecule is COc1ncccc1Nc1cc(N(C)C(=O)OC(C)(C)C)n2ncc(C(=O)CN3CCOC3=O)c2n1. The van der Waals surface area contributed by atoms with E-state index in [4.69, 9.17) is 14.2 Å². The minimum absolute atomic E-state index is 0.176. The molecule has 4 heterocycles. The van der Waals surface area contributed by atoms with Crippen LogP contribution in [0.15, 0.2) is 30.6 Å². The second kappa shape index (κ2) is 9.68. The monoisotopic (exact) mass is 497 g/mol. The van der Waals surface area contributed by atoms with Gasteiger partial charge in [0.05, 0.1) is 32.0 Å². The molecule has 1 aliphatic rings. The molecule has 3 aromatic heterocycles. The van der Waals surface area contributed by atoms with E-state index in [0.717, 1.165) is 0 Å². The standard InChI is InChI=1S/C23H27N7O6/c1-23(2,3)36-21(32)28(4)18-11-17(26-15-7-6-8-24-20(15)34-5)27-19-14(12-25-30(18)19)16(31)13-29-9-10-35-22(29)33/h6-8,11-12H,9-10,13H2,1-5H3,(H,26,27). The third-order valence-electron chi connectivity index (χ3n) is 5.17. The molecule has 3 aromatic rings. The van der Waals surface area contributed by atoms with E-state index in [1.165, 1.54) is 34.7 Å². The molecule has 1 fully saturated rings. The van der Waals surface area contributed by atoms with Gasteiger partial charge in [0.25, 0.3) is 0 Å². The van der Waals surface area contributed by atoms with Gasteiger partial charge < -0.3 is 19.5 Å². The number of pyridine rings is 1. The highest BCUT2D eigenvalue weighted by atomic mass is 16.6. The predicted molar refractivity (Wildman–Crippen MR) is 129 cm³/mol. The molecule has 13 nitrogen and oxygen atoms in total. The Morgan fingerprint density at radius 1 is 1.31 bits per heavy atom. The van der Waals surface area contributed by atoms with Gasteiger partial charge in [0.1, 0.15) is 29.5 Å². The van der Waals surface area contributed by atoms with Crippen molar-refractivity contribution in [3.05, 3.63) is 36.2 Å². The zero-order valence-electron chi connectivity index (χ0n) is 20.6. The van der Waals surface area contributed by atoms with Crippen molar-refractivity contribution in [3.8, 4) is 5.88 Å². The summed E-state index contributed by atoms with van der Waals surface area (Å²) in [6.45, 7) is 5.64. The fourth-order valence-electron chi connectivity index (χ4n) is 3.49. The molecule has 1 saturated heterocycles. The van der Waals surface area contributed by atoms with Crippen LogP contribution < -0.4 is 15.0 Å². The third kappa shape index (κ3) is 5.14. The van der Waals surface area contributed by atoms with Crippen LogP contribution in [0, 0.1) is 0 Å². The highest BCUT2D eigenvalue weighted by Gasteiger charge is 2.28. The number of carbonyl (C=O) groups is 3. The van der Waals surface area contributed by atoms with E-state index in [-0.39, 0.29) is 30.1 Å². The first-order chi connectivity index (χ1) is 17.1. The van der Waals surface area contributed by atoms with E-state index < -0.39 is 17.8 Å². The van der Waals surface area contributed by atoms with Gasteiger partial charge in [-0.2, -0.15) is 9.61 Å². The summed E-state index contributed by atoms with van der Waals surface area (Å²) in [4.78, 5) is 49.1. The zero-order chi connectivity index (χ0) is 26.0. The smallest absolute Gasteiger partial charge is 0.415 e. The largest absolute Gasteiger partial charge is 0.480 e. The number of nitrogens with one attached hydrogen (secondary N) is 1. The maximum absolute atomic E-state index is 13.1. The number of amides is 2. The number of ether oxygens (including phenoxy) is 3. The number of carbonyl (C=O) groups excluding carboxylic acids is 3. The van der Waals surface area contributed by atoms with Crippen molar-refractivity contribution < 1.29 is 28.6 Å². The van der Waals surface area contributed by atoms with Crippen LogP contribution in [0.4, 0.5) is 26.9 Å². The van der Waals surface area contributed by atoms with Gasteiger partial charge in [0.15, 0.2) is 11.4 Å². The van der Waals surface area contributed by atoms with Crippen molar-refractivity contribution in [2.24, 2.45) is 0 Å². The quantitative estimate of drug-likeness (QED) is 0.484. The summed E-state index contributed by atoms with van der Waals surface area (Å²) in [5, 5.41) is 7.42. The van der Waals surface area contributed by atoms with Crippen LogP contribution in [0.3, 0.4) is 0 Å². The highest BCUT2D eigenvalue weighted by molar-refractivity contribution is 6.04. The second-order valence-corrected chi connectivity index (χ2v) is 8.98. The highest BCUT2D eigenvalue weighted by Crippen LogP contribution is 2.28. The Morgan fingerprint density at radius 2 is 2.08 bits per heavy atom. The number of rotatable bonds is 7. The van der Waals surface area contributed by atoms with Gasteiger partial charge in [-0.3, -0.25) is 14.6 Å². The number of cyclic esters (lactones) is 1. The molecular weight excluding hydrogens is 470 g/mol. The Morgan fingerprint density at radius 3 is 2.75 bits per heavy atom. The number of fused-ring (bicyclic) bond motifs is 1. The Bertz CT molecular complexity index is 1320. The molecule has 2 amide bonds. The van der Waals surface area contributed by atoms with Crippen LogP contribution in [-0.4, -0.2) is 81.9 Å². The fourth-order valence-corrected chi connectivity index (χ4v) is 3.49. The molecule has 0 spiro atoms. The molecule has 0 aromatic carbocycles. The van der Waals surface area contributed by atoms with E-state index >= 15 is 0 Å². The lowest BCUT2D eigenvalue weighted by Crippen LogP contribution is -2.35. The van der Waals surface area contributed by atoms with E-state index in [1.54, 1.807) is 45.2 Å². The molecule has 13 heteroatoms. The van der Waals surface area contributed by atoms with Gasteiger partial charge in [-0.15, -0.1) is 0 Å². The van der Waals surface area contributed by atoms with Crippen LogP contribution in [0.2, 0.25) is 0 Å². The molecule has 0 unspecified atom stereocenters. The fraction of sp³-hybridized carbons (Fsp3) is 0.391. The summed E-state index contributed by atoms with van der Waals surface area (Å²) >= 11 is 0. The first kappa shape index (κ1) is 24.7. The van der Waals surface area contributed by atoms with Gasteiger partial charge in [-0.05, 0) is 32.9 Å². The molecule has 36 heavy (non-hydrogen) atoms. The molecule has 0 aliphatic carbocycles. The normalized spacial score (nSPS) is 13.5. The van der Waals surface area contributed by atoms with Crippen LogP contribution in [0.25, 0.3) is 5.65 Å². The summed E-state index contributed by atoms with van der Waals surface area (Å²) in [5.41, 5.74) is 0.160. The average Bonchev–Trinajstić information content (AvgIpc) is 3.43. The maximum Gasteiger partial charge on any atom is 0.415 e. The Balaban J connectivity index is 1.77. The number of hydrogen-bond donors (Lipinski definition) is 1. The summed E-state index contributed by atoms with van der Waals surface area (Å²) in [5.74, 6) is 0.547. The predicted octanol–water partition coefficient (Wildman–Crippen LogP) is 2.88. The molecule has 0 atom stereocenters. The molecule has 1 N–H and O–H groups in total. The Labute approximate surface area is 207 Å². The average molecular weight is 498 g/mol. The number of aromatic nitrogens is 4. The molecule has 0 bridgehead atoms. The van der Waals surface area contributed by atoms with Crippen molar-refractivity contribution in [1.29, 1.82) is 0 Å². The molecule has 0 radical (unpaired) electrons. The Hall–Kier alpha value is -4.42.